The Kier molecular flexibility index (Phi) is 3.73. The van der Waals surface area contributed by atoms with Gasteiger partial charge in [-0.3, -0.25) is 5.32 Å². The third kappa shape index (κ3) is 2.27. The van der Waals surface area contributed by atoms with Crippen LogP contribution in [0.15, 0.2) is 23.3 Å². The predicted octanol–water partition coefficient (Wildman–Crippen LogP) is 2.90. The monoisotopic (exact) mass is 261 g/mol. The van der Waals surface area contributed by atoms with Gasteiger partial charge in [0.05, 0.1) is 6.07 Å². The number of fused-ring (bicyclic) bond motifs is 1. The molecular weight excluding hydrogens is 250 g/mol. The van der Waals surface area contributed by atoms with Crippen LogP contribution in [0.4, 0.5) is 0 Å². The Balaban J connectivity index is 2.21. The van der Waals surface area contributed by atoms with Crippen molar-refractivity contribution in [1.82, 2.24) is 5.32 Å². The van der Waals surface area contributed by atoms with Crippen molar-refractivity contribution in [3.05, 3.63) is 44.8 Å². The van der Waals surface area contributed by atoms with Gasteiger partial charge in [-0.2, -0.15) is 5.26 Å². The van der Waals surface area contributed by atoms with Gasteiger partial charge in [-0.05, 0) is 41.6 Å². The van der Waals surface area contributed by atoms with Crippen molar-refractivity contribution in [3.63, 3.8) is 0 Å². The van der Waals surface area contributed by atoms with Gasteiger partial charge in [0.25, 0.3) is 0 Å². The van der Waals surface area contributed by atoms with Crippen molar-refractivity contribution >= 4 is 11.6 Å². The maximum absolute atomic E-state index is 9.44. The van der Waals surface area contributed by atoms with Gasteiger partial charge in [0.2, 0.25) is 0 Å². The quantitative estimate of drug-likeness (QED) is 0.391. The number of hydrogen-bond donors (Lipinski definition) is 1. The predicted molar refractivity (Wildman–Crippen MR) is 69.1 cm³/mol. The number of benzene rings is 1. The number of hydrogen-bond acceptors (Lipinski definition) is 3. The van der Waals surface area contributed by atoms with Crippen LogP contribution in [0.1, 0.15) is 17.5 Å². The highest BCUT2D eigenvalue weighted by Crippen LogP contribution is 2.37. The summed E-state index contributed by atoms with van der Waals surface area (Å²) in [5.74, 6) is 0. The Morgan fingerprint density at radius 1 is 1.61 bits per heavy atom. The molecule has 2 rings (SSSR count). The van der Waals surface area contributed by atoms with Crippen LogP contribution in [0.2, 0.25) is 5.02 Å². The Bertz CT molecular complexity index is 544. The maximum atomic E-state index is 9.44. The van der Waals surface area contributed by atoms with Gasteiger partial charge in [0, 0.05) is 23.0 Å². The fourth-order valence-electron chi connectivity index (χ4n) is 2.35. The van der Waals surface area contributed by atoms with E-state index in [1.165, 1.54) is 0 Å². The molecule has 5 nitrogen and oxygen atoms in total. The number of nitriles is 1. The molecule has 0 aromatic heterocycles. The number of nitrogens with one attached hydrogen (secondary N) is 1. The summed E-state index contributed by atoms with van der Waals surface area (Å²) in [7, 11) is 0. The summed E-state index contributed by atoms with van der Waals surface area (Å²) in [4.78, 5) is 2.69. The molecule has 1 aromatic carbocycles. The molecule has 0 bridgehead atoms. The number of halogens is 1. The van der Waals surface area contributed by atoms with Crippen LogP contribution in [-0.4, -0.2) is 13.1 Å². The van der Waals surface area contributed by atoms with E-state index in [1.807, 2.05) is 12.1 Å². The molecule has 0 spiro atoms. The third-order valence-corrected chi connectivity index (χ3v) is 3.42. The molecule has 0 aliphatic heterocycles. The van der Waals surface area contributed by atoms with Crippen LogP contribution in [0.25, 0.3) is 10.4 Å². The van der Waals surface area contributed by atoms with E-state index in [0.29, 0.717) is 18.1 Å². The molecule has 92 valence electrons. The largest absolute Gasteiger partial charge is 0.296 e. The van der Waals surface area contributed by atoms with Gasteiger partial charge < -0.3 is 0 Å². The van der Waals surface area contributed by atoms with Crippen molar-refractivity contribution < 1.29 is 0 Å². The molecule has 6 heteroatoms. The van der Waals surface area contributed by atoms with Crippen molar-refractivity contribution in [2.75, 3.05) is 13.1 Å². The van der Waals surface area contributed by atoms with Gasteiger partial charge >= 0.3 is 0 Å². The molecule has 1 N–H and O–H groups in total. The molecule has 0 saturated heterocycles. The van der Waals surface area contributed by atoms with Crippen LogP contribution in [0.5, 0.6) is 0 Å². The molecule has 0 saturated carbocycles. The van der Waals surface area contributed by atoms with Crippen LogP contribution in [-0.2, 0) is 12.0 Å². The third-order valence-electron chi connectivity index (χ3n) is 3.19. The molecule has 0 heterocycles. The first-order valence-electron chi connectivity index (χ1n) is 5.68. The van der Waals surface area contributed by atoms with Crippen molar-refractivity contribution in [1.29, 1.82) is 5.26 Å². The van der Waals surface area contributed by atoms with E-state index in [0.717, 1.165) is 24.0 Å². The van der Waals surface area contributed by atoms with Crippen molar-refractivity contribution in [2.24, 2.45) is 5.11 Å². The number of nitrogens with zero attached hydrogens (tertiary/aromatic N) is 4. The first-order valence-corrected chi connectivity index (χ1v) is 6.06. The summed E-state index contributed by atoms with van der Waals surface area (Å²) in [6.07, 6.45) is 1.55. The van der Waals surface area contributed by atoms with Gasteiger partial charge in [0.1, 0.15) is 5.54 Å². The van der Waals surface area contributed by atoms with Gasteiger partial charge in [-0.25, -0.2) is 0 Å². The lowest BCUT2D eigenvalue weighted by Crippen LogP contribution is -2.40. The van der Waals surface area contributed by atoms with Crippen LogP contribution in [0.3, 0.4) is 0 Å². The fraction of sp³-hybridized carbons (Fsp3) is 0.417. The zero-order valence-electron chi connectivity index (χ0n) is 9.73. The first-order chi connectivity index (χ1) is 8.72. The molecule has 1 unspecified atom stereocenters. The second-order valence-corrected chi connectivity index (χ2v) is 4.64. The highest BCUT2D eigenvalue weighted by molar-refractivity contribution is 6.30. The first kappa shape index (κ1) is 12.7. The summed E-state index contributed by atoms with van der Waals surface area (Å²) in [6.45, 7) is 0.822. The summed E-state index contributed by atoms with van der Waals surface area (Å²) in [6, 6.07) is 7.94. The maximum Gasteiger partial charge on any atom is 0.132 e. The van der Waals surface area contributed by atoms with E-state index < -0.39 is 5.54 Å². The Morgan fingerprint density at radius 2 is 2.44 bits per heavy atom. The summed E-state index contributed by atoms with van der Waals surface area (Å²) >= 11 is 5.95. The Hall–Kier alpha value is -1.73. The van der Waals surface area contributed by atoms with E-state index in [9.17, 15) is 5.26 Å². The van der Waals surface area contributed by atoms with Crippen LogP contribution in [0, 0.1) is 11.3 Å². The molecular formula is C12H12ClN5. The summed E-state index contributed by atoms with van der Waals surface area (Å²) in [5, 5.41) is 16.8. The standard InChI is InChI=1S/C12H12ClN5/c13-10-1-2-11-9(7-10)3-4-12(11,8-14)16-5-6-17-18-15/h1-2,7,16H,3-6H2. The molecule has 0 radical (unpaired) electrons. The van der Waals surface area contributed by atoms with E-state index >= 15 is 0 Å². The van der Waals surface area contributed by atoms with Crippen LogP contribution < -0.4 is 5.32 Å². The minimum atomic E-state index is -0.676. The minimum Gasteiger partial charge on any atom is -0.296 e. The van der Waals surface area contributed by atoms with Crippen molar-refractivity contribution in [3.8, 4) is 6.07 Å². The van der Waals surface area contributed by atoms with Crippen LogP contribution >= 0.6 is 11.6 Å². The Labute approximate surface area is 110 Å². The second kappa shape index (κ2) is 5.28. The summed E-state index contributed by atoms with van der Waals surface area (Å²) < 4.78 is 0. The molecule has 1 aliphatic rings. The fourth-order valence-corrected chi connectivity index (χ4v) is 2.54. The number of azide groups is 1. The highest BCUT2D eigenvalue weighted by atomic mass is 35.5. The lowest BCUT2D eigenvalue weighted by Gasteiger charge is -2.23. The molecule has 1 aromatic rings. The molecule has 1 atom stereocenters. The van der Waals surface area contributed by atoms with E-state index in [-0.39, 0.29) is 0 Å². The topological polar surface area (TPSA) is 84.6 Å². The zero-order valence-corrected chi connectivity index (χ0v) is 10.5. The molecule has 0 amide bonds. The molecule has 0 fully saturated rings. The molecule has 1 aliphatic carbocycles. The number of rotatable bonds is 4. The van der Waals surface area contributed by atoms with E-state index in [4.69, 9.17) is 17.1 Å². The smallest absolute Gasteiger partial charge is 0.132 e. The average molecular weight is 262 g/mol. The Morgan fingerprint density at radius 3 is 3.17 bits per heavy atom. The lowest BCUT2D eigenvalue weighted by molar-refractivity contribution is 0.431. The summed E-state index contributed by atoms with van der Waals surface area (Å²) in [5.41, 5.74) is 9.64. The van der Waals surface area contributed by atoms with Gasteiger partial charge in [-0.15, -0.1) is 0 Å². The SMILES string of the molecule is N#CC1(NCCN=[N+]=[N-])CCc2cc(Cl)ccc21. The van der Waals surface area contributed by atoms with Gasteiger partial charge in [0.15, 0.2) is 0 Å². The lowest BCUT2D eigenvalue weighted by atomic mass is 9.93. The van der Waals surface area contributed by atoms with Gasteiger partial charge in [-0.1, -0.05) is 22.8 Å². The van der Waals surface area contributed by atoms with Crippen molar-refractivity contribution in [2.45, 2.75) is 18.4 Å². The minimum absolute atomic E-state index is 0.336. The van der Waals surface area contributed by atoms with E-state index in [1.54, 1.807) is 6.07 Å². The number of aryl methyl sites for hydroxylation is 1. The highest BCUT2D eigenvalue weighted by Gasteiger charge is 2.38. The zero-order chi connectivity index (χ0) is 13.0. The normalized spacial score (nSPS) is 20.9. The molecule has 18 heavy (non-hydrogen) atoms. The second-order valence-electron chi connectivity index (χ2n) is 4.20. The van der Waals surface area contributed by atoms with E-state index in [2.05, 4.69) is 21.4 Å². The average Bonchev–Trinajstić information content (AvgIpc) is 2.73.